The van der Waals surface area contributed by atoms with E-state index in [2.05, 4.69) is 51.3 Å². The number of nitrogens with one attached hydrogen (secondary N) is 2. The molecule has 200 valence electrons. The van der Waals surface area contributed by atoms with Crippen molar-refractivity contribution < 1.29 is 9.53 Å². The van der Waals surface area contributed by atoms with Crippen LogP contribution in [-0.2, 0) is 0 Å². The molecular formula is C28H34ClN7O2. The summed E-state index contributed by atoms with van der Waals surface area (Å²) in [7, 11) is 3.68. The number of amides is 1. The number of nitrogens with zero attached hydrogens (tertiary/aromatic N) is 5. The van der Waals surface area contributed by atoms with E-state index in [-0.39, 0.29) is 11.3 Å². The van der Waals surface area contributed by atoms with Gasteiger partial charge in [-0.05, 0) is 48.6 Å². The van der Waals surface area contributed by atoms with Crippen LogP contribution in [0.2, 0.25) is 5.15 Å². The van der Waals surface area contributed by atoms with Gasteiger partial charge in [-0.3, -0.25) is 4.79 Å². The van der Waals surface area contributed by atoms with Crippen LogP contribution < -0.4 is 25.2 Å². The molecule has 1 aliphatic carbocycles. The summed E-state index contributed by atoms with van der Waals surface area (Å²) >= 11 is 5.93. The Bertz CT molecular complexity index is 1330. The van der Waals surface area contributed by atoms with Gasteiger partial charge in [-0.1, -0.05) is 38.3 Å². The van der Waals surface area contributed by atoms with Crippen LogP contribution in [0, 0.1) is 5.41 Å². The monoisotopic (exact) mass is 535 g/mol. The normalized spacial score (nSPS) is 17.1. The molecular weight excluding hydrogens is 502 g/mol. The Morgan fingerprint density at radius 2 is 1.92 bits per heavy atom. The number of benzene rings is 1. The summed E-state index contributed by atoms with van der Waals surface area (Å²) < 4.78 is 5.61. The highest BCUT2D eigenvalue weighted by Crippen LogP contribution is 2.40. The number of hydrogen-bond acceptors (Lipinski definition) is 8. The highest BCUT2D eigenvalue weighted by atomic mass is 35.5. The summed E-state index contributed by atoms with van der Waals surface area (Å²) in [6.45, 7) is 6.51. The smallest absolute Gasteiger partial charge is 0.255 e. The molecule has 1 saturated carbocycles. The average Bonchev–Trinajstić information content (AvgIpc) is 3.39. The number of anilines is 5. The van der Waals surface area contributed by atoms with Crippen molar-refractivity contribution in [1.29, 1.82) is 0 Å². The maximum atomic E-state index is 12.8. The van der Waals surface area contributed by atoms with Gasteiger partial charge in [0.15, 0.2) is 5.82 Å². The largest absolute Gasteiger partial charge is 0.495 e. The minimum absolute atomic E-state index is 0.118. The van der Waals surface area contributed by atoms with Crippen molar-refractivity contribution in [3.05, 3.63) is 53.4 Å². The first-order valence-corrected chi connectivity index (χ1v) is 13.3. The molecule has 3 aromatic rings. The van der Waals surface area contributed by atoms with Gasteiger partial charge in [-0.2, -0.15) is 4.98 Å². The molecule has 0 atom stereocenters. The number of fused-ring (bicyclic) bond motifs is 1. The number of halogens is 1. The highest BCUT2D eigenvalue weighted by molar-refractivity contribution is 6.29. The van der Waals surface area contributed by atoms with E-state index in [1.54, 1.807) is 43.6 Å². The Kier molecular flexibility index (Phi) is 7.29. The summed E-state index contributed by atoms with van der Waals surface area (Å²) in [5, 5.41) is 6.45. The Labute approximate surface area is 228 Å². The Balaban J connectivity index is 1.41. The van der Waals surface area contributed by atoms with Gasteiger partial charge >= 0.3 is 0 Å². The molecule has 10 heteroatoms. The first kappa shape index (κ1) is 26.0. The van der Waals surface area contributed by atoms with Gasteiger partial charge in [0.1, 0.15) is 10.9 Å². The lowest BCUT2D eigenvalue weighted by atomic mass is 9.92. The van der Waals surface area contributed by atoms with Gasteiger partial charge in [0.2, 0.25) is 5.95 Å². The zero-order chi connectivity index (χ0) is 26.9. The third kappa shape index (κ3) is 5.62. The predicted octanol–water partition coefficient (Wildman–Crippen LogP) is 5.75. The first-order valence-electron chi connectivity index (χ1n) is 13.0. The van der Waals surface area contributed by atoms with E-state index in [1.165, 1.54) is 25.7 Å². The number of pyridine rings is 1. The Hall–Kier alpha value is -3.59. The van der Waals surface area contributed by atoms with Gasteiger partial charge in [0.25, 0.3) is 5.91 Å². The number of aromatic nitrogens is 3. The molecule has 1 amide bonds. The molecule has 1 fully saturated rings. The number of carbonyl (C=O) groups excluding carboxylic acids is 1. The van der Waals surface area contributed by atoms with Crippen LogP contribution in [-0.4, -0.2) is 54.1 Å². The third-order valence-electron chi connectivity index (χ3n) is 7.16. The number of rotatable bonds is 6. The molecule has 0 unspecified atom stereocenters. The highest BCUT2D eigenvalue weighted by Gasteiger charge is 2.36. The molecule has 0 bridgehead atoms. The van der Waals surface area contributed by atoms with Crippen LogP contribution in [0.5, 0.6) is 5.75 Å². The van der Waals surface area contributed by atoms with E-state index < -0.39 is 0 Å². The SMILES string of the molecule is COc1cc(C(=O)Nc2ccnc(Cl)c2)ccc1Nc1ncc2c(n1)N(C1CCCC1)CC(C)(C)CN2C. The Morgan fingerprint density at radius 3 is 2.66 bits per heavy atom. The fraction of sp³-hybridized carbons (Fsp3) is 0.429. The van der Waals surface area contributed by atoms with Gasteiger partial charge in [-0.25, -0.2) is 9.97 Å². The fourth-order valence-corrected chi connectivity index (χ4v) is 5.65. The van der Waals surface area contributed by atoms with E-state index in [1.807, 2.05) is 6.20 Å². The van der Waals surface area contributed by atoms with Crippen LogP contribution >= 0.6 is 11.6 Å². The minimum atomic E-state index is -0.281. The third-order valence-corrected chi connectivity index (χ3v) is 7.36. The molecule has 9 nitrogen and oxygen atoms in total. The predicted molar refractivity (Wildman–Crippen MR) is 152 cm³/mol. The van der Waals surface area contributed by atoms with E-state index in [0.717, 1.165) is 24.6 Å². The van der Waals surface area contributed by atoms with E-state index in [9.17, 15) is 4.79 Å². The van der Waals surface area contributed by atoms with Crippen molar-refractivity contribution in [2.45, 2.75) is 45.6 Å². The van der Waals surface area contributed by atoms with Crippen molar-refractivity contribution in [2.75, 3.05) is 47.7 Å². The van der Waals surface area contributed by atoms with Crippen LogP contribution in [0.25, 0.3) is 0 Å². The fourth-order valence-electron chi connectivity index (χ4n) is 5.48. The number of ether oxygens (including phenoxy) is 1. The zero-order valence-electron chi connectivity index (χ0n) is 22.3. The molecule has 0 radical (unpaired) electrons. The number of hydrogen-bond donors (Lipinski definition) is 2. The van der Waals surface area contributed by atoms with Gasteiger partial charge < -0.3 is 25.2 Å². The average molecular weight is 536 g/mol. The van der Waals surface area contributed by atoms with Crippen molar-refractivity contribution in [3.63, 3.8) is 0 Å². The van der Waals surface area contributed by atoms with E-state index in [4.69, 9.17) is 21.3 Å². The molecule has 38 heavy (non-hydrogen) atoms. The van der Waals surface area contributed by atoms with Crippen molar-refractivity contribution in [3.8, 4) is 5.75 Å². The molecule has 2 N–H and O–H groups in total. The van der Waals surface area contributed by atoms with E-state index >= 15 is 0 Å². The molecule has 1 aromatic carbocycles. The maximum absolute atomic E-state index is 12.8. The van der Waals surface area contributed by atoms with Crippen LogP contribution in [0.4, 0.5) is 28.8 Å². The lowest BCUT2D eigenvalue weighted by Crippen LogP contribution is -2.42. The summed E-state index contributed by atoms with van der Waals surface area (Å²) in [5.41, 5.74) is 2.84. The standard InChI is InChI=1S/C28H34ClN7O2/c1-28(2)16-35(3)22-15-31-27(34-25(22)36(17-28)20-7-5-6-8-20)33-21-10-9-18(13-23(21)38-4)26(37)32-19-11-12-30-24(29)14-19/h9-15,20H,5-8,16-17H2,1-4H3,(H,30,32,37)(H,31,33,34). The second-order valence-electron chi connectivity index (χ2n) is 10.9. The maximum Gasteiger partial charge on any atom is 0.255 e. The second-order valence-corrected chi connectivity index (χ2v) is 11.2. The van der Waals surface area contributed by atoms with Crippen molar-refractivity contribution in [2.24, 2.45) is 5.41 Å². The minimum Gasteiger partial charge on any atom is -0.495 e. The van der Waals surface area contributed by atoms with Gasteiger partial charge in [-0.15, -0.1) is 0 Å². The van der Waals surface area contributed by atoms with E-state index in [0.29, 0.717) is 39.8 Å². The first-order chi connectivity index (χ1) is 18.2. The van der Waals surface area contributed by atoms with Crippen LogP contribution in [0.3, 0.4) is 0 Å². The van der Waals surface area contributed by atoms with Crippen molar-refractivity contribution in [1.82, 2.24) is 15.0 Å². The molecule has 2 aliphatic rings. The molecule has 3 heterocycles. The van der Waals surface area contributed by atoms with Crippen LogP contribution in [0.15, 0.2) is 42.7 Å². The lowest BCUT2D eigenvalue weighted by molar-refractivity contribution is 0.102. The topological polar surface area (TPSA) is 95.5 Å². The molecule has 2 aromatic heterocycles. The second kappa shape index (κ2) is 10.6. The quantitative estimate of drug-likeness (QED) is 0.385. The molecule has 0 saturated heterocycles. The summed E-state index contributed by atoms with van der Waals surface area (Å²) in [6.07, 6.45) is 8.34. The molecule has 1 aliphatic heterocycles. The van der Waals surface area contributed by atoms with Gasteiger partial charge in [0, 0.05) is 43.6 Å². The Morgan fingerprint density at radius 1 is 1.13 bits per heavy atom. The summed E-state index contributed by atoms with van der Waals surface area (Å²) in [6, 6.07) is 8.98. The molecule has 0 spiro atoms. The number of methoxy groups -OCH3 is 1. The lowest BCUT2D eigenvalue weighted by Gasteiger charge is -2.35. The summed E-state index contributed by atoms with van der Waals surface area (Å²) in [4.78, 5) is 31.2. The summed E-state index contributed by atoms with van der Waals surface area (Å²) in [5.74, 6) is 1.68. The van der Waals surface area contributed by atoms with Gasteiger partial charge in [0.05, 0.1) is 24.7 Å². The zero-order valence-corrected chi connectivity index (χ0v) is 23.0. The van der Waals surface area contributed by atoms with Crippen molar-refractivity contribution >= 4 is 46.3 Å². The molecule has 5 rings (SSSR count). The number of carbonyl (C=O) groups is 1. The van der Waals surface area contributed by atoms with Crippen LogP contribution in [0.1, 0.15) is 49.9 Å².